The van der Waals surface area contributed by atoms with Crippen molar-refractivity contribution < 1.29 is 4.79 Å². The van der Waals surface area contributed by atoms with Gasteiger partial charge in [0.05, 0.1) is 11.4 Å². The molecule has 4 nitrogen and oxygen atoms in total. The minimum atomic E-state index is -0.264. The zero-order valence-electron chi connectivity index (χ0n) is 13.2. The van der Waals surface area contributed by atoms with Crippen LogP contribution in [0.15, 0.2) is 47.6 Å². The number of carbonyl (C=O) groups is 1. The van der Waals surface area contributed by atoms with Gasteiger partial charge in [-0.05, 0) is 37.6 Å². The van der Waals surface area contributed by atoms with Crippen LogP contribution < -0.4 is 5.73 Å². The van der Waals surface area contributed by atoms with E-state index in [4.69, 9.17) is 5.73 Å². The number of nitrogens with two attached hydrogens (primary N) is 1. The minimum absolute atomic E-state index is 0.103. The Kier molecular flexibility index (Phi) is 5.04. The third-order valence-electron chi connectivity index (χ3n) is 3.68. The Morgan fingerprint density at radius 2 is 1.95 bits per heavy atom. The quantitative estimate of drug-likeness (QED) is 0.875. The van der Waals surface area contributed by atoms with E-state index in [1.807, 2.05) is 26.0 Å². The van der Waals surface area contributed by atoms with E-state index in [0.717, 1.165) is 12.0 Å². The van der Waals surface area contributed by atoms with Gasteiger partial charge >= 0.3 is 0 Å². The number of pyridine rings is 1. The molecular weight excluding hydrogens is 274 g/mol. The van der Waals surface area contributed by atoms with Gasteiger partial charge in [-0.15, -0.1) is 0 Å². The highest BCUT2D eigenvalue weighted by Crippen LogP contribution is 2.18. The molecule has 1 unspecified atom stereocenters. The van der Waals surface area contributed by atoms with Crippen LogP contribution in [0.2, 0.25) is 0 Å². The number of aromatic nitrogens is 1. The molecule has 2 rings (SSSR count). The smallest absolute Gasteiger partial charge is 0.277 e. The molecule has 0 spiro atoms. The molecule has 1 aromatic carbocycles. The van der Waals surface area contributed by atoms with Crippen molar-refractivity contribution in [3.63, 3.8) is 0 Å². The van der Waals surface area contributed by atoms with Crippen LogP contribution in [0.3, 0.4) is 0 Å². The highest BCUT2D eigenvalue weighted by Gasteiger charge is 2.17. The van der Waals surface area contributed by atoms with Crippen molar-refractivity contribution in [1.29, 1.82) is 0 Å². The maximum atomic E-state index is 12.4. The first kappa shape index (κ1) is 15.9. The molecule has 1 atom stereocenters. The van der Waals surface area contributed by atoms with Crippen LogP contribution in [0.4, 0.5) is 5.69 Å². The number of aryl methyl sites for hydroxylation is 1. The van der Waals surface area contributed by atoms with Crippen LogP contribution in [0.5, 0.6) is 0 Å². The Bertz CT molecular complexity index is 690. The summed E-state index contributed by atoms with van der Waals surface area (Å²) in [6.45, 7) is 6.06. The first-order valence-electron chi connectivity index (χ1n) is 7.43. The van der Waals surface area contributed by atoms with Gasteiger partial charge in [-0.25, -0.2) is 4.99 Å². The molecule has 4 heteroatoms. The number of nitrogen functional groups attached to an aromatic ring is 1. The van der Waals surface area contributed by atoms with E-state index in [1.54, 1.807) is 30.5 Å². The molecule has 0 saturated heterocycles. The van der Waals surface area contributed by atoms with Gasteiger partial charge in [-0.1, -0.05) is 31.5 Å². The van der Waals surface area contributed by atoms with Gasteiger partial charge in [0.25, 0.3) is 5.91 Å². The Balaban J connectivity index is 2.43. The largest absolute Gasteiger partial charge is 0.397 e. The van der Waals surface area contributed by atoms with Crippen LogP contribution in [0.1, 0.15) is 41.9 Å². The lowest BCUT2D eigenvalue weighted by molar-refractivity contribution is 0.100. The molecule has 114 valence electrons. The third kappa shape index (κ3) is 3.58. The SMILES string of the molecule is CCC(C)C(=NC(=O)c1ccc(C)cc1)c1ncccc1N. The fourth-order valence-corrected chi connectivity index (χ4v) is 2.09. The molecule has 0 fully saturated rings. The van der Waals surface area contributed by atoms with Gasteiger partial charge in [0.1, 0.15) is 5.69 Å². The number of aliphatic imine (C=N–C) groups is 1. The van der Waals surface area contributed by atoms with Gasteiger partial charge in [0.2, 0.25) is 0 Å². The molecule has 0 radical (unpaired) electrons. The average molecular weight is 295 g/mol. The predicted molar refractivity (Wildman–Crippen MR) is 90.2 cm³/mol. The van der Waals surface area contributed by atoms with Crippen molar-refractivity contribution in [2.24, 2.45) is 10.9 Å². The highest BCUT2D eigenvalue weighted by atomic mass is 16.1. The van der Waals surface area contributed by atoms with E-state index < -0.39 is 0 Å². The van der Waals surface area contributed by atoms with Gasteiger partial charge in [-0.2, -0.15) is 0 Å². The van der Waals surface area contributed by atoms with E-state index >= 15 is 0 Å². The Labute approximate surface area is 131 Å². The van der Waals surface area contributed by atoms with Crippen molar-refractivity contribution >= 4 is 17.3 Å². The maximum absolute atomic E-state index is 12.4. The number of nitrogens with zero attached hydrogens (tertiary/aromatic N) is 2. The second-order valence-electron chi connectivity index (χ2n) is 5.42. The predicted octanol–water partition coefficient (Wildman–Crippen LogP) is 3.65. The van der Waals surface area contributed by atoms with Crippen molar-refractivity contribution in [1.82, 2.24) is 4.98 Å². The summed E-state index contributed by atoms with van der Waals surface area (Å²) in [5.74, 6) is -0.160. The van der Waals surface area contributed by atoms with Gasteiger partial charge in [0, 0.05) is 17.7 Å². The summed E-state index contributed by atoms with van der Waals surface area (Å²) < 4.78 is 0. The van der Waals surface area contributed by atoms with Crippen molar-refractivity contribution in [2.75, 3.05) is 5.73 Å². The fraction of sp³-hybridized carbons (Fsp3) is 0.278. The first-order chi connectivity index (χ1) is 10.5. The van der Waals surface area contributed by atoms with E-state index in [1.165, 1.54) is 0 Å². The lowest BCUT2D eigenvalue weighted by Crippen LogP contribution is -2.18. The lowest BCUT2D eigenvalue weighted by atomic mass is 9.98. The van der Waals surface area contributed by atoms with Crippen LogP contribution in [-0.4, -0.2) is 16.6 Å². The number of anilines is 1. The molecule has 22 heavy (non-hydrogen) atoms. The molecule has 0 aliphatic carbocycles. The number of carbonyl (C=O) groups excluding carboxylic acids is 1. The summed E-state index contributed by atoms with van der Waals surface area (Å²) in [5, 5.41) is 0. The molecule has 2 aromatic rings. The monoisotopic (exact) mass is 295 g/mol. The Morgan fingerprint density at radius 1 is 1.27 bits per heavy atom. The van der Waals surface area contributed by atoms with Crippen LogP contribution >= 0.6 is 0 Å². The number of amides is 1. The maximum Gasteiger partial charge on any atom is 0.277 e. The van der Waals surface area contributed by atoms with Gasteiger partial charge in [-0.3, -0.25) is 9.78 Å². The fourth-order valence-electron chi connectivity index (χ4n) is 2.09. The average Bonchev–Trinajstić information content (AvgIpc) is 2.53. The number of benzene rings is 1. The van der Waals surface area contributed by atoms with Crippen LogP contribution in [0.25, 0.3) is 0 Å². The lowest BCUT2D eigenvalue weighted by Gasteiger charge is -2.13. The highest BCUT2D eigenvalue weighted by molar-refractivity contribution is 6.12. The minimum Gasteiger partial charge on any atom is -0.397 e. The zero-order valence-corrected chi connectivity index (χ0v) is 13.2. The van der Waals surface area contributed by atoms with E-state index in [9.17, 15) is 4.79 Å². The number of hydrogen-bond donors (Lipinski definition) is 1. The molecule has 1 aromatic heterocycles. The molecular formula is C18H21N3O. The second kappa shape index (κ2) is 6.98. The summed E-state index contributed by atoms with van der Waals surface area (Å²) in [4.78, 5) is 21.0. The normalized spacial score (nSPS) is 13.0. The standard InChI is InChI=1S/C18H21N3O/c1-4-13(3)16(17-15(19)6-5-11-20-17)21-18(22)14-9-7-12(2)8-10-14/h5-11,13H,4,19H2,1-3H3. The Morgan fingerprint density at radius 3 is 2.55 bits per heavy atom. The Hall–Kier alpha value is -2.49. The van der Waals surface area contributed by atoms with Crippen molar-refractivity contribution in [3.8, 4) is 0 Å². The van der Waals surface area contributed by atoms with E-state index in [2.05, 4.69) is 16.9 Å². The van der Waals surface area contributed by atoms with E-state index in [0.29, 0.717) is 22.7 Å². The molecule has 0 bridgehead atoms. The molecule has 0 saturated carbocycles. The van der Waals surface area contributed by atoms with Crippen LogP contribution in [-0.2, 0) is 0 Å². The van der Waals surface area contributed by atoms with Crippen molar-refractivity contribution in [3.05, 3.63) is 59.4 Å². The number of rotatable bonds is 4. The summed E-state index contributed by atoms with van der Waals surface area (Å²) in [6.07, 6.45) is 2.52. The number of hydrogen-bond acceptors (Lipinski definition) is 3. The van der Waals surface area contributed by atoms with Crippen molar-refractivity contribution in [2.45, 2.75) is 27.2 Å². The summed E-state index contributed by atoms with van der Waals surface area (Å²) in [6, 6.07) is 10.9. The zero-order chi connectivity index (χ0) is 16.1. The summed E-state index contributed by atoms with van der Waals surface area (Å²) >= 11 is 0. The van der Waals surface area contributed by atoms with E-state index in [-0.39, 0.29) is 11.8 Å². The molecule has 1 amide bonds. The molecule has 0 aliphatic heterocycles. The molecule has 0 aliphatic rings. The molecule has 1 heterocycles. The van der Waals surface area contributed by atoms with Gasteiger partial charge < -0.3 is 5.73 Å². The summed E-state index contributed by atoms with van der Waals surface area (Å²) in [5.41, 5.74) is 9.45. The topological polar surface area (TPSA) is 68.3 Å². The van der Waals surface area contributed by atoms with Gasteiger partial charge in [0.15, 0.2) is 0 Å². The van der Waals surface area contributed by atoms with Crippen LogP contribution in [0, 0.1) is 12.8 Å². The summed E-state index contributed by atoms with van der Waals surface area (Å²) in [7, 11) is 0. The second-order valence-corrected chi connectivity index (χ2v) is 5.42. The third-order valence-corrected chi connectivity index (χ3v) is 3.68. The first-order valence-corrected chi connectivity index (χ1v) is 7.43. The molecule has 2 N–H and O–H groups in total.